The van der Waals surface area contributed by atoms with Crippen LogP contribution in [-0.4, -0.2) is 107 Å². The second-order valence-electron chi connectivity index (χ2n) is 11.3. The number of carbonyl (C=O) groups is 6. The lowest BCUT2D eigenvalue weighted by Gasteiger charge is -2.34. The van der Waals surface area contributed by atoms with Crippen LogP contribution in [0.1, 0.15) is 45.6 Å². The summed E-state index contributed by atoms with van der Waals surface area (Å²) in [5.41, 5.74) is 0.740. The topological polar surface area (TPSA) is 155 Å². The van der Waals surface area contributed by atoms with Gasteiger partial charge in [-0.15, -0.1) is 0 Å². The standard InChI is InChI=1S/C29H39N5O8/c1-17-13-23-28(39)41-16-21(31-29(40)42-15-20-9-6-5-7-10-20)26(37)33-12-8-11-22(33)27(38)32(4)19(3)24(35)30-18(2)25(36)34(23)14-17/h5-7,9-10,17-19,21-23H,8,11-16H2,1-4H3,(H,30,35)(H,31,40)/t17-,18-,19-,21-,22-,23-/m0/s1. The van der Waals surface area contributed by atoms with Crippen molar-refractivity contribution < 1.29 is 38.2 Å². The molecule has 0 aromatic heterocycles. The molecule has 0 aliphatic carbocycles. The smallest absolute Gasteiger partial charge is 0.408 e. The molecule has 2 N–H and O–H groups in total. The molecule has 13 nitrogen and oxygen atoms in total. The van der Waals surface area contributed by atoms with Crippen molar-refractivity contribution in [2.45, 2.75) is 76.8 Å². The fourth-order valence-corrected chi connectivity index (χ4v) is 5.59. The van der Waals surface area contributed by atoms with E-state index in [1.165, 1.54) is 28.7 Å². The van der Waals surface area contributed by atoms with Gasteiger partial charge in [0.2, 0.25) is 23.6 Å². The Morgan fingerprint density at radius 1 is 1.00 bits per heavy atom. The molecule has 1 aromatic rings. The van der Waals surface area contributed by atoms with E-state index in [0.717, 1.165) is 5.56 Å². The number of likely N-dealkylation sites (N-methyl/N-ethyl adjacent to an activating group) is 1. The number of carbonyl (C=O) groups excluding carboxylic acids is 6. The summed E-state index contributed by atoms with van der Waals surface area (Å²) < 4.78 is 10.8. The Hall–Kier alpha value is -4.16. The lowest BCUT2D eigenvalue weighted by Crippen LogP contribution is -2.59. The van der Waals surface area contributed by atoms with Gasteiger partial charge in [-0.25, -0.2) is 9.59 Å². The first-order chi connectivity index (χ1) is 20.0. The molecule has 3 saturated heterocycles. The zero-order valence-electron chi connectivity index (χ0n) is 24.4. The number of cyclic esters (lactones) is 1. The third-order valence-corrected chi connectivity index (χ3v) is 8.12. The molecule has 1 aromatic carbocycles. The minimum atomic E-state index is -1.34. The summed E-state index contributed by atoms with van der Waals surface area (Å²) in [6, 6.07) is 3.97. The molecule has 0 unspecified atom stereocenters. The maximum Gasteiger partial charge on any atom is 0.408 e. The van der Waals surface area contributed by atoms with Gasteiger partial charge in [0, 0.05) is 20.1 Å². The Balaban J connectivity index is 1.60. The van der Waals surface area contributed by atoms with Crippen molar-refractivity contribution in [3.05, 3.63) is 35.9 Å². The molecule has 0 radical (unpaired) electrons. The number of nitrogens with zero attached hydrogens (tertiary/aromatic N) is 3. The normalized spacial score (nSPS) is 29.5. The zero-order chi connectivity index (χ0) is 30.6. The van der Waals surface area contributed by atoms with Crippen molar-refractivity contribution in [3.8, 4) is 0 Å². The van der Waals surface area contributed by atoms with Gasteiger partial charge >= 0.3 is 12.1 Å². The van der Waals surface area contributed by atoms with E-state index in [1.807, 2.05) is 13.0 Å². The van der Waals surface area contributed by atoms with Crippen LogP contribution in [-0.2, 0) is 40.1 Å². The zero-order valence-corrected chi connectivity index (χ0v) is 24.4. The molecule has 228 valence electrons. The lowest BCUT2D eigenvalue weighted by atomic mass is 10.1. The minimum Gasteiger partial charge on any atom is -0.461 e. The van der Waals surface area contributed by atoms with Crippen molar-refractivity contribution in [3.63, 3.8) is 0 Å². The lowest BCUT2D eigenvalue weighted by molar-refractivity contribution is -0.157. The van der Waals surface area contributed by atoms with Crippen LogP contribution in [0.2, 0.25) is 0 Å². The summed E-state index contributed by atoms with van der Waals surface area (Å²) in [7, 11) is 1.47. The van der Waals surface area contributed by atoms with Gasteiger partial charge in [0.1, 0.15) is 43.4 Å². The van der Waals surface area contributed by atoms with E-state index in [4.69, 9.17) is 9.47 Å². The van der Waals surface area contributed by atoms with Crippen LogP contribution >= 0.6 is 0 Å². The molecule has 3 aliphatic heterocycles. The quantitative estimate of drug-likeness (QED) is 0.484. The summed E-state index contributed by atoms with van der Waals surface area (Å²) in [6.45, 7) is 4.94. The molecule has 6 atom stereocenters. The van der Waals surface area contributed by atoms with Crippen LogP contribution in [0.3, 0.4) is 0 Å². The number of hydrogen-bond donors (Lipinski definition) is 2. The largest absolute Gasteiger partial charge is 0.461 e. The SMILES string of the molecule is C[C@H]1C[C@H]2C(=O)OC[C@H](NC(=O)OCc3ccccc3)C(=O)N3CCC[C@H]3C(=O)N(C)[C@@H](C)C(=O)N[C@@H](C)C(=O)N2C1. The van der Waals surface area contributed by atoms with Crippen molar-refractivity contribution in [1.29, 1.82) is 0 Å². The van der Waals surface area contributed by atoms with E-state index in [2.05, 4.69) is 10.6 Å². The van der Waals surface area contributed by atoms with Gasteiger partial charge in [-0.1, -0.05) is 37.3 Å². The van der Waals surface area contributed by atoms with Crippen molar-refractivity contribution in [2.24, 2.45) is 5.92 Å². The molecule has 4 rings (SSSR count). The van der Waals surface area contributed by atoms with Gasteiger partial charge in [-0.3, -0.25) is 19.2 Å². The van der Waals surface area contributed by atoms with Crippen LogP contribution in [0.15, 0.2) is 30.3 Å². The first-order valence-corrected chi connectivity index (χ1v) is 14.3. The Morgan fingerprint density at radius 2 is 1.71 bits per heavy atom. The van der Waals surface area contributed by atoms with Crippen LogP contribution in [0, 0.1) is 5.92 Å². The van der Waals surface area contributed by atoms with Crippen molar-refractivity contribution in [2.75, 3.05) is 26.7 Å². The van der Waals surface area contributed by atoms with Crippen LogP contribution in [0.4, 0.5) is 4.79 Å². The highest BCUT2D eigenvalue weighted by Crippen LogP contribution is 2.26. The van der Waals surface area contributed by atoms with Crippen LogP contribution in [0.25, 0.3) is 0 Å². The predicted molar refractivity (Wildman–Crippen MR) is 148 cm³/mol. The average Bonchev–Trinajstić information content (AvgIpc) is 3.63. The summed E-state index contributed by atoms with van der Waals surface area (Å²) in [6.07, 6.45) is 0.338. The Morgan fingerprint density at radius 3 is 2.43 bits per heavy atom. The minimum absolute atomic E-state index is 0.00644. The molecule has 3 fully saturated rings. The number of rotatable bonds is 3. The average molecular weight is 586 g/mol. The maximum atomic E-state index is 13.8. The van der Waals surface area contributed by atoms with E-state index < -0.39 is 72.5 Å². The van der Waals surface area contributed by atoms with Gasteiger partial charge in [0.25, 0.3) is 0 Å². The van der Waals surface area contributed by atoms with Crippen LogP contribution in [0.5, 0.6) is 0 Å². The Kier molecular flexibility index (Phi) is 9.69. The molecule has 42 heavy (non-hydrogen) atoms. The first kappa shape index (κ1) is 30.8. The fraction of sp³-hybridized carbons (Fsp3) is 0.586. The number of hydrogen-bond acceptors (Lipinski definition) is 8. The van der Waals surface area contributed by atoms with E-state index in [1.54, 1.807) is 31.2 Å². The number of fused-ring (bicyclic) bond motifs is 2. The highest BCUT2D eigenvalue weighted by Gasteiger charge is 2.44. The molecule has 3 heterocycles. The second kappa shape index (κ2) is 13.2. The summed E-state index contributed by atoms with van der Waals surface area (Å²) >= 11 is 0. The number of amides is 5. The molecular weight excluding hydrogens is 546 g/mol. The van der Waals surface area contributed by atoms with Gasteiger partial charge < -0.3 is 34.8 Å². The molecule has 0 bridgehead atoms. The second-order valence-corrected chi connectivity index (χ2v) is 11.3. The first-order valence-electron chi connectivity index (χ1n) is 14.3. The Labute approximate surface area is 244 Å². The third-order valence-electron chi connectivity index (χ3n) is 8.12. The molecule has 0 spiro atoms. The monoisotopic (exact) mass is 585 g/mol. The predicted octanol–water partition coefficient (Wildman–Crippen LogP) is 0.418. The van der Waals surface area contributed by atoms with Gasteiger partial charge in [-0.2, -0.15) is 0 Å². The summed E-state index contributed by atoms with van der Waals surface area (Å²) in [5.74, 6) is -2.80. The van der Waals surface area contributed by atoms with E-state index in [9.17, 15) is 28.8 Å². The summed E-state index contributed by atoms with van der Waals surface area (Å²) in [5, 5.41) is 5.16. The maximum absolute atomic E-state index is 13.8. The number of benzene rings is 1. The highest BCUT2D eigenvalue weighted by molar-refractivity contribution is 5.96. The van der Waals surface area contributed by atoms with Crippen molar-refractivity contribution in [1.82, 2.24) is 25.3 Å². The fourth-order valence-electron chi connectivity index (χ4n) is 5.59. The summed E-state index contributed by atoms with van der Waals surface area (Å²) in [4.78, 5) is 83.5. The van der Waals surface area contributed by atoms with E-state index in [-0.39, 0.29) is 25.6 Å². The van der Waals surface area contributed by atoms with Gasteiger partial charge in [-0.05, 0) is 44.6 Å². The number of ether oxygens (including phenoxy) is 2. The Bertz CT molecular complexity index is 1210. The van der Waals surface area contributed by atoms with Crippen LogP contribution < -0.4 is 10.6 Å². The highest BCUT2D eigenvalue weighted by atomic mass is 16.6. The molecule has 13 heteroatoms. The van der Waals surface area contributed by atoms with E-state index in [0.29, 0.717) is 19.3 Å². The number of alkyl carbamates (subject to hydrolysis) is 1. The molecule has 0 saturated carbocycles. The molecule has 5 amide bonds. The third kappa shape index (κ3) is 6.82. The van der Waals surface area contributed by atoms with Gasteiger partial charge in [0.15, 0.2) is 0 Å². The molecule has 3 aliphatic rings. The van der Waals surface area contributed by atoms with Crippen molar-refractivity contribution >= 4 is 35.7 Å². The number of nitrogens with one attached hydrogen (secondary N) is 2. The number of esters is 1. The van der Waals surface area contributed by atoms with Gasteiger partial charge in [0.05, 0.1) is 0 Å². The van der Waals surface area contributed by atoms with E-state index >= 15 is 0 Å². The molecular formula is C29H39N5O8.